The van der Waals surface area contributed by atoms with E-state index in [2.05, 4.69) is 4.90 Å². The second-order valence-electron chi connectivity index (χ2n) is 4.66. The molecule has 0 amide bonds. The highest BCUT2D eigenvalue weighted by Gasteiger charge is 2.39. The van der Waals surface area contributed by atoms with Crippen molar-refractivity contribution in [3.63, 3.8) is 0 Å². The number of aliphatic carboxylic acids is 1. The summed E-state index contributed by atoms with van der Waals surface area (Å²) in [6.07, 6.45) is 0.548. The Hall–Kier alpha value is -1.55. The van der Waals surface area contributed by atoms with Crippen LogP contribution in [0, 0.1) is 6.92 Å². The molecule has 4 nitrogen and oxygen atoms in total. The van der Waals surface area contributed by atoms with Crippen LogP contribution in [0.4, 0.5) is 5.69 Å². The van der Waals surface area contributed by atoms with Crippen LogP contribution in [0.5, 0.6) is 0 Å². The molecule has 0 aromatic heterocycles. The van der Waals surface area contributed by atoms with Crippen LogP contribution >= 0.6 is 0 Å². The number of anilines is 1. The number of aryl methyl sites for hydroxylation is 1. The maximum Gasteiger partial charge on any atom is 0.335 e. The van der Waals surface area contributed by atoms with Gasteiger partial charge >= 0.3 is 5.97 Å². The second-order valence-corrected chi connectivity index (χ2v) is 4.66. The molecule has 0 aliphatic carbocycles. The summed E-state index contributed by atoms with van der Waals surface area (Å²) in [5, 5.41) is 18.8. The van der Waals surface area contributed by atoms with Crippen molar-refractivity contribution in [3.8, 4) is 0 Å². The average Bonchev–Trinajstić information content (AvgIpc) is 2.31. The molecular weight excluding hydrogens is 218 g/mol. The second kappa shape index (κ2) is 4.37. The third-order valence-electron chi connectivity index (χ3n) is 3.39. The Morgan fingerprint density at radius 1 is 1.24 bits per heavy atom. The molecule has 1 aromatic rings. The van der Waals surface area contributed by atoms with Gasteiger partial charge in [0.2, 0.25) is 0 Å². The number of benzene rings is 1. The lowest BCUT2D eigenvalue weighted by molar-refractivity contribution is -0.160. The van der Waals surface area contributed by atoms with E-state index in [9.17, 15) is 9.90 Å². The fourth-order valence-electron chi connectivity index (χ4n) is 2.10. The third-order valence-corrected chi connectivity index (χ3v) is 3.39. The smallest absolute Gasteiger partial charge is 0.335 e. The number of hydrogen-bond donors (Lipinski definition) is 2. The first-order valence-electron chi connectivity index (χ1n) is 5.79. The first-order chi connectivity index (χ1) is 8.01. The van der Waals surface area contributed by atoms with Crippen LogP contribution in [-0.4, -0.2) is 34.9 Å². The Balaban J connectivity index is 2.04. The lowest BCUT2D eigenvalue weighted by Crippen LogP contribution is -2.49. The summed E-state index contributed by atoms with van der Waals surface area (Å²) in [5.41, 5.74) is 0.747. The Kier molecular flexibility index (Phi) is 3.07. The number of piperidine rings is 1. The van der Waals surface area contributed by atoms with E-state index in [1.54, 1.807) is 0 Å². The van der Waals surface area contributed by atoms with Crippen LogP contribution in [0.2, 0.25) is 0 Å². The molecule has 17 heavy (non-hydrogen) atoms. The summed E-state index contributed by atoms with van der Waals surface area (Å²) >= 11 is 0. The van der Waals surface area contributed by atoms with Gasteiger partial charge in [-0.1, -0.05) is 17.7 Å². The lowest BCUT2D eigenvalue weighted by atomic mass is 9.91. The van der Waals surface area contributed by atoms with E-state index in [1.807, 2.05) is 31.2 Å². The Bertz CT molecular complexity index is 405. The molecule has 2 N–H and O–H groups in total. The van der Waals surface area contributed by atoms with Crippen LogP contribution < -0.4 is 4.90 Å². The predicted molar refractivity (Wildman–Crippen MR) is 65.2 cm³/mol. The van der Waals surface area contributed by atoms with Crippen LogP contribution in [0.1, 0.15) is 18.4 Å². The van der Waals surface area contributed by atoms with Gasteiger partial charge in [0.25, 0.3) is 0 Å². The number of rotatable bonds is 2. The van der Waals surface area contributed by atoms with Crippen molar-refractivity contribution in [2.45, 2.75) is 25.4 Å². The summed E-state index contributed by atoms with van der Waals surface area (Å²) in [5.74, 6) is -1.11. The maximum atomic E-state index is 10.9. The van der Waals surface area contributed by atoms with E-state index < -0.39 is 11.6 Å². The van der Waals surface area contributed by atoms with Crippen LogP contribution in [0.3, 0.4) is 0 Å². The molecule has 0 spiro atoms. The Morgan fingerprint density at radius 3 is 2.24 bits per heavy atom. The first-order valence-corrected chi connectivity index (χ1v) is 5.79. The molecule has 0 unspecified atom stereocenters. The van der Waals surface area contributed by atoms with Gasteiger partial charge in [0, 0.05) is 31.6 Å². The normalized spacial score (nSPS) is 19.1. The average molecular weight is 235 g/mol. The van der Waals surface area contributed by atoms with Gasteiger partial charge in [-0.15, -0.1) is 0 Å². The minimum absolute atomic E-state index is 0.274. The fourth-order valence-corrected chi connectivity index (χ4v) is 2.10. The van der Waals surface area contributed by atoms with E-state index in [-0.39, 0.29) is 12.8 Å². The minimum atomic E-state index is -1.54. The summed E-state index contributed by atoms with van der Waals surface area (Å²) < 4.78 is 0. The molecule has 0 bridgehead atoms. The van der Waals surface area contributed by atoms with E-state index in [0.717, 1.165) is 5.69 Å². The molecule has 1 aliphatic heterocycles. The summed E-state index contributed by atoms with van der Waals surface area (Å²) in [7, 11) is 0. The number of aliphatic hydroxyl groups is 1. The van der Waals surface area contributed by atoms with Crippen molar-refractivity contribution in [2.75, 3.05) is 18.0 Å². The van der Waals surface area contributed by atoms with Gasteiger partial charge in [-0.25, -0.2) is 4.79 Å². The quantitative estimate of drug-likeness (QED) is 0.813. The SMILES string of the molecule is Cc1ccc(N2CCC(O)(C(=O)O)CC2)cc1. The van der Waals surface area contributed by atoms with Gasteiger partial charge in [0.15, 0.2) is 5.60 Å². The minimum Gasteiger partial charge on any atom is -0.479 e. The van der Waals surface area contributed by atoms with Crippen LogP contribution in [0.15, 0.2) is 24.3 Å². The molecule has 1 fully saturated rings. The van der Waals surface area contributed by atoms with E-state index in [4.69, 9.17) is 5.11 Å². The largest absolute Gasteiger partial charge is 0.479 e. The van der Waals surface area contributed by atoms with E-state index in [0.29, 0.717) is 13.1 Å². The summed E-state index contributed by atoms with van der Waals surface area (Å²) in [6, 6.07) is 8.13. The van der Waals surface area contributed by atoms with Crippen molar-refractivity contribution in [3.05, 3.63) is 29.8 Å². The van der Waals surface area contributed by atoms with Gasteiger partial charge in [0.05, 0.1) is 0 Å². The number of nitrogens with zero attached hydrogens (tertiary/aromatic N) is 1. The topological polar surface area (TPSA) is 60.8 Å². The molecule has 0 atom stereocenters. The highest BCUT2D eigenvalue weighted by molar-refractivity contribution is 5.77. The Labute approximate surface area is 100 Å². The summed E-state index contributed by atoms with van der Waals surface area (Å²) in [6.45, 7) is 3.18. The van der Waals surface area contributed by atoms with Gasteiger partial charge in [-0.2, -0.15) is 0 Å². The molecule has 1 saturated heterocycles. The molecule has 2 rings (SSSR count). The number of carboxylic acid groups (broad SMARTS) is 1. The predicted octanol–water partition coefficient (Wildman–Crippen LogP) is 1.41. The van der Waals surface area contributed by atoms with Gasteiger partial charge in [0.1, 0.15) is 0 Å². The van der Waals surface area contributed by atoms with E-state index >= 15 is 0 Å². The van der Waals surface area contributed by atoms with Crippen molar-refractivity contribution >= 4 is 11.7 Å². The van der Waals surface area contributed by atoms with E-state index in [1.165, 1.54) is 5.56 Å². The number of carbonyl (C=O) groups is 1. The number of hydrogen-bond acceptors (Lipinski definition) is 3. The molecule has 0 saturated carbocycles. The first kappa shape index (κ1) is 11.9. The van der Waals surface area contributed by atoms with Crippen LogP contribution in [0.25, 0.3) is 0 Å². The lowest BCUT2D eigenvalue weighted by Gasteiger charge is -2.36. The van der Waals surface area contributed by atoms with Gasteiger partial charge in [-0.3, -0.25) is 0 Å². The third kappa shape index (κ3) is 2.42. The van der Waals surface area contributed by atoms with Gasteiger partial charge < -0.3 is 15.1 Å². The molecule has 1 aromatic carbocycles. The monoisotopic (exact) mass is 235 g/mol. The molecule has 1 heterocycles. The summed E-state index contributed by atoms with van der Waals surface area (Å²) in [4.78, 5) is 13.0. The zero-order valence-electron chi connectivity index (χ0n) is 9.89. The Morgan fingerprint density at radius 2 is 1.76 bits per heavy atom. The van der Waals surface area contributed by atoms with Crippen molar-refractivity contribution in [1.29, 1.82) is 0 Å². The number of carboxylic acids is 1. The van der Waals surface area contributed by atoms with Crippen molar-refractivity contribution < 1.29 is 15.0 Å². The molecule has 1 aliphatic rings. The zero-order chi connectivity index (χ0) is 12.5. The van der Waals surface area contributed by atoms with Gasteiger partial charge in [-0.05, 0) is 19.1 Å². The van der Waals surface area contributed by atoms with Crippen molar-refractivity contribution in [2.24, 2.45) is 0 Å². The highest BCUT2D eigenvalue weighted by Crippen LogP contribution is 2.26. The molecule has 4 heteroatoms. The molecular formula is C13H17NO3. The highest BCUT2D eigenvalue weighted by atomic mass is 16.4. The van der Waals surface area contributed by atoms with Crippen LogP contribution in [-0.2, 0) is 4.79 Å². The van der Waals surface area contributed by atoms with Crippen molar-refractivity contribution in [1.82, 2.24) is 0 Å². The molecule has 92 valence electrons. The fraction of sp³-hybridized carbons (Fsp3) is 0.462. The standard InChI is InChI=1S/C13H17NO3/c1-10-2-4-11(5-3-10)14-8-6-13(17,7-9-14)12(15)16/h2-5,17H,6-9H2,1H3,(H,15,16). The zero-order valence-corrected chi connectivity index (χ0v) is 9.89. The molecule has 0 radical (unpaired) electrons. The maximum absolute atomic E-state index is 10.9.